The molecular weight excluding hydrogens is 262 g/mol. The summed E-state index contributed by atoms with van der Waals surface area (Å²) in [6.07, 6.45) is 0. The van der Waals surface area contributed by atoms with E-state index in [1.807, 2.05) is 0 Å². The number of alkyl halides is 2. The van der Waals surface area contributed by atoms with Gasteiger partial charge >= 0.3 is 12.6 Å². The Morgan fingerprint density at radius 1 is 1.43 bits per heavy atom. The van der Waals surface area contributed by atoms with Crippen molar-refractivity contribution in [3.63, 3.8) is 0 Å². The number of hydrogen-bond acceptors (Lipinski definition) is 2. The molecule has 0 aromatic heterocycles. The van der Waals surface area contributed by atoms with E-state index in [0.717, 1.165) is 6.07 Å². The summed E-state index contributed by atoms with van der Waals surface area (Å²) in [7, 11) is 0. The molecule has 0 unspecified atom stereocenters. The van der Waals surface area contributed by atoms with E-state index in [9.17, 15) is 13.6 Å². The lowest BCUT2D eigenvalue weighted by molar-refractivity contribution is -0.0499. The predicted molar refractivity (Wildman–Crippen MR) is 47.7 cm³/mol. The zero-order valence-electron chi connectivity index (χ0n) is 6.71. The molecule has 0 heterocycles. The molecule has 0 spiro atoms. The summed E-state index contributed by atoms with van der Waals surface area (Å²) < 4.78 is 28.0. The molecule has 6 heteroatoms. The molecule has 0 aliphatic heterocycles. The minimum Gasteiger partial charge on any atom is -0.478 e. The largest absolute Gasteiger partial charge is 0.478 e. The van der Waals surface area contributed by atoms with Gasteiger partial charge in [-0.05, 0) is 18.2 Å². The van der Waals surface area contributed by atoms with Crippen LogP contribution in [-0.4, -0.2) is 17.7 Å². The highest BCUT2D eigenvalue weighted by Crippen LogP contribution is 2.22. The van der Waals surface area contributed by atoms with E-state index in [0.29, 0.717) is 4.47 Å². The van der Waals surface area contributed by atoms with Crippen LogP contribution >= 0.6 is 15.9 Å². The van der Waals surface area contributed by atoms with Crippen LogP contribution in [-0.2, 0) is 0 Å². The highest BCUT2D eigenvalue weighted by molar-refractivity contribution is 9.10. The van der Waals surface area contributed by atoms with Crippen LogP contribution in [0.4, 0.5) is 8.78 Å². The first-order valence-corrected chi connectivity index (χ1v) is 4.27. The highest BCUT2D eigenvalue weighted by Gasteiger charge is 2.09. The van der Waals surface area contributed by atoms with Gasteiger partial charge in [-0.25, -0.2) is 4.79 Å². The fraction of sp³-hybridized carbons (Fsp3) is 0.125. The molecule has 0 aliphatic carbocycles. The van der Waals surface area contributed by atoms with Gasteiger partial charge in [0.25, 0.3) is 0 Å². The first kappa shape index (κ1) is 10.9. The van der Waals surface area contributed by atoms with Crippen molar-refractivity contribution in [2.75, 3.05) is 0 Å². The van der Waals surface area contributed by atoms with Crippen LogP contribution in [0.2, 0.25) is 0 Å². The van der Waals surface area contributed by atoms with Crippen LogP contribution in [0, 0.1) is 0 Å². The molecule has 0 bridgehead atoms. The molecule has 0 saturated carbocycles. The molecule has 76 valence electrons. The summed E-state index contributed by atoms with van der Waals surface area (Å²) in [5, 5.41) is 8.60. The number of carboxylic acid groups (broad SMARTS) is 1. The van der Waals surface area contributed by atoms with Crippen LogP contribution in [0.3, 0.4) is 0 Å². The number of benzene rings is 1. The predicted octanol–water partition coefficient (Wildman–Crippen LogP) is 2.75. The first-order valence-electron chi connectivity index (χ1n) is 3.48. The summed E-state index contributed by atoms with van der Waals surface area (Å²) in [5.74, 6) is -1.39. The maximum atomic E-state index is 11.8. The molecule has 1 aromatic rings. The van der Waals surface area contributed by atoms with Crippen LogP contribution in [0.25, 0.3) is 0 Å². The van der Waals surface area contributed by atoms with Crippen LogP contribution in [0.15, 0.2) is 22.7 Å². The van der Waals surface area contributed by atoms with Gasteiger partial charge in [0, 0.05) is 4.47 Å². The normalized spacial score (nSPS) is 10.3. The Morgan fingerprint density at radius 3 is 2.57 bits per heavy atom. The molecule has 0 saturated heterocycles. The third-order valence-corrected chi connectivity index (χ3v) is 1.80. The van der Waals surface area contributed by atoms with E-state index in [-0.39, 0.29) is 11.3 Å². The Bertz CT molecular complexity index is 354. The standard InChI is InChI=1S/C8H5BrF2O3/c9-5-1-4(7(12)13)2-6(3-5)14-8(10)11/h1-3,8H,(H,12,13). The van der Waals surface area contributed by atoms with Crippen LogP contribution < -0.4 is 4.74 Å². The summed E-state index contributed by atoms with van der Waals surface area (Å²) in [6, 6.07) is 3.58. The number of carboxylic acids is 1. The Morgan fingerprint density at radius 2 is 2.07 bits per heavy atom. The second-order valence-electron chi connectivity index (χ2n) is 2.36. The Hall–Kier alpha value is -1.17. The van der Waals surface area contributed by atoms with Gasteiger partial charge < -0.3 is 9.84 Å². The minimum absolute atomic E-state index is 0.116. The zero-order valence-corrected chi connectivity index (χ0v) is 8.29. The zero-order chi connectivity index (χ0) is 10.7. The molecule has 0 radical (unpaired) electrons. The van der Waals surface area contributed by atoms with E-state index in [4.69, 9.17) is 5.11 Å². The van der Waals surface area contributed by atoms with E-state index in [1.54, 1.807) is 0 Å². The quantitative estimate of drug-likeness (QED) is 0.915. The molecule has 1 rings (SSSR count). The van der Waals surface area contributed by atoms with E-state index in [2.05, 4.69) is 20.7 Å². The lowest BCUT2D eigenvalue weighted by atomic mass is 10.2. The Labute approximate surface area is 86.4 Å². The summed E-state index contributed by atoms with van der Waals surface area (Å²) in [5.41, 5.74) is -0.116. The van der Waals surface area contributed by atoms with Gasteiger partial charge in [-0.3, -0.25) is 0 Å². The van der Waals surface area contributed by atoms with Crippen LogP contribution in [0.5, 0.6) is 5.75 Å². The first-order chi connectivity index (χ1) is 6.49. The lowest BCUT2D eigenvalue weighted by Gasteiger charge is -2.05. The van der Waals surface area contributed by atoms with Crippen molar-refractivity contribution in [3.05, 3.63) is 28.2 Å². The highest BCUT2D eigenvalue weighted by atomic mass is 79.9. The summed E-state index contributed by atoms with van der Waals surface area (Å²) >= 11 is 2.98. The van der Waals surface area contributed by atoms with Crippen molar-refractivity contribution < 1.29 is 23.4 Å². The topological polar surface area (TPSA) is 46.5 Å². The summed E-state index contributed by atoms with van der Waals surface area (Å²) in [6.45, 7) is -2.97. The third kappa shape index (κ3) is 2.95. The van der Waals surface area contributed by atoms with Crippen molar-refractivity contribution in [1.29, 1.82) is 0 Å². The molecule has 1 aromatic carbocycles. The van der Waals surface area contributed by atoms with Crippen LogP contribution in [0.1, 0.15) is 10.4 Å². The average Bonchev–Trinajstić information content (AvgIpc) is 2.01. The fourth-order valence-electron chi connectivity index (χ4n) is 0.857. The maximum Gasteiger partial charge on any atom is 0.387 e. The van der Waals surface area contributed by atoms with Gasteiger partial charge in [-0.2, -0.15) is 8.78 Å². The van der Waals surface area contributed by atoms with Crippen molar-refractivity contribution in [1.82, 2.24) is 0 Å². The van der Waals surface area contributed by atoms with Crippen molar-refractivity contribution in [3.8, 4) is 5.75 Å². The van der Waals surface area contributed by atoms with Gasteiger partial charge in [0.15, 0.2) is 0 Å². The molecule has 0 atom stereocenters. The molecule has 14 heavy (non-hydrogen) atoms. The van der Waals surface area contributed by atoms with Gasteiger partial charge in [0.1, 0.15) is 5.75 Å². The van der Waals surface area contributed by atoms with E-state index < -0.39 is 12.6 Å². The van der Waals surface area contributed by atoms with E-state index >= 15 is 0 Å². The fourth-order valence-corrected chi connectivity index (χ4v) is 1.33. The SMILES string of the molecule is O=C(O)c1cc(Br)cc(OC(F)F)c1. The number of rotatable bonds is 3. The number of aromatic carboxylic acids is 1. The minimum atomic E-state index is -2.97. The molecule has 0 amide bonds. The Kier molecular flexibility index (Phi) is 3.40. The van der Waals surface area contributed by atoms with Crippen molar-refractivity contribution in [2.24, 2.45) is 0 Å². The molecule has 0 fully saturated rings. The smallest absolute Gasteiger partial charge is 0.387 e. The van der Waals surface area contributed by atoms with Crippen molar-refractivity contribution in [2.45, 2.75) is 6.61 Å². The number of carbonyl (C=O) groups is 1. The van der Waals surface area contributed by atoms with E-state index in [1.165, 1.54) is 12.1 Å². The molecule has 3 nitrogen and oxygen atoms in total. The second-order valence-corrected chi connectivity index (χ2v) is 3.27. The number of hydrogen-bond donors (Lipinski definition) is 1. The Balaban J connectivity index is 3.01. The third-order valence-electron chi connectivity index (χ3n) is 1.34. The lowest BCUT2D eigenvalue weighted by Crippen LogP contribution is -2.03. The second kappa shape index (κ2) is 4.36. The average molecular weight is 267 g/mol. The molecule has 0 aliphatic rings. The van der Waals surface area contributed by atoms with Gasteiger partial charge in [0.2, 0.25) is 0 Å². The molecule has 1 N–H and O–H groups in total. The van der Waals surface area contributed by atoms with Gasteiger partial charge in [-0.1, -0.05) is 15.9 Å². The van der Waals surface area contributed by atoms with Gasteiger partial charge in [-0.15, -0.1) is 0 Å². The summed E-state index contributed by atoms with van der Waals surface area (Å²) in [4.78, 5) is 10.5. The number of halogens is 3. The molecular formula is C8H5BrF2O3. The number of ether oxygens (including phenoxy) is 1. The monoisotopic (exact) mass is 266 g/mol. The van der Waals surface area contributed by atoms with Gasteiger partial charge in [0.05, 0.1) is 5.56 Å². The van der Waals surface area contributed by atoms with Crippen molar-refractivity contribution >= 4 is 21.9 Å². The maximum absolute atomic E-state index is 11.8.